The molecule has 2 aromatic rings. The van der Waals surface area contributed by atoms with Crippen LogP contribution in [0.1, 0.15) is 20.8 Å². The normalized spacial score (nSPS) is 10.5. The third-order valence-electron chi connectivity index (χ3n) is 2.78. The van der Waals surface area contributed by atoms with Gasteiger partial charge in [-0.3, -0.25) is 4.79 Å². The maximum absolute atomic E-state index is 12.3. The second-order valence-electron chi connectivity index (χ2n) is 4.27. The summed E-state index contributed by atoms with van der Waals surface area (Å²) in [6, 6.07) is 11.5. The molecule has 0 radical (unpaired) electrons. The quantitative estimate of drug-likeness (QED) is 0.930. The Morgan fingerprint density at radius 2 is 2.16 bits per heavy atom. The van der Waals surface area contributed by atoms with Crippen molar-refractivity contribution in [3.63, 3.8) is 0 Å². The number of nitrogens with zero attached hydrogens (tertiary/aromatic N) is 1. The highest BCUT2D eigenvalue weighted by molar-refractivity contribution is 9.11. The number of nitrogens with two attached hydrogens (primary N) is 1. The molecule has 0 saturated heterocycles. The fraction of sp³-hybridized carbons (Fsp3) is 0.214. The molecule has 0 spiro atoms. The lowest BCUT2D eigenvalue weighted by molar-refractivity contribution is 0.0786. The summed E-state index contributed by atoms with van der Waals surface area (Å²) in [4.78, 5) is 15.2. The molecule has 1 aromatic carbocycles. The molecule has 1 heterocycles. The van der Waals surface area contributed by atoms with Crippen LogP contribution in [0.25, 0.3) is 0 Å². The number of carbonyl (C=O) groups is 1. The maximum Gasteiger partial charge on any atom is 0.253 e. The molecule has 5 heteroatoms. The largest absolute Gasteiger partial charge is 0.337 e. The van der Waals surface area contributed by atoms with E-state index < -0.39 is 0 Å². The topological polar surface area (TPSA) is 46.3 Å². The predicted octanol–water partition coefficient (Wildman–Crippen LogP) is 3.24. The van der Waals surface area contributed by atoms with Crippen molar-refractivity contribution in [2.75, 3.05) is 7.05 Å². The van der Waals surface area contributed by atoms with Crippen LogP contribution in [-0.2, 0) is 13.1 Å². The summed E-state index contributed by atoms with van der Waals surface area (Å²) in [5.41, 5.74) is 7.24. The second-order valence-corrected chi connectivity index (χ2v) is 6.82. The summed E-state index contributed by atoms with van der Waals surface area (Å²) in [5, 5.41) is 0. The molecule has 0 atom stereocenters. The first-order chi connectivity index (χ1) is 9.10. The van der Waals surface area contributed by atoms with Crippen LogP contribution < -0.4 is 5.73 Å². The Morgan fingerprint density at radius 1 is 1.37 bits per heavy atom. The summed E-state index contributed by atoms with van der Waals surface area (Å²) >= 11 is 5.06. The van der Waals surface area contributed by atoms with E-state index in [0.717, 1.165) is 14.2 Å². The van der Waals surface area contributed by atoms with Gasteiger partial charge in [0.25, 0.3) is 5.91 Å². The fourth-order valence-corrected chi connectivity index (χ4v) is 3.33. The number of halogens is 1. The van der Waals surface area contributed by atoms with Gasteiger partial charge in [0.05, 0.1) is 10.3 Å². The van der Waals surface area contributed by atoms with Gasteiger partial charge in [-0.15, -0.1) is 11.3 Å². The van der Waals surface area contributed by atoms with Crippen LogP contribution in [-0.4, -0.2) is 17.9 Å². The van der Waals surface area contributed by atoms with Gasteiger partial charge >= 0.3 is 0 Å². The number of hydrogen-bond acceptors (Lipinski definition) is 3. The number of rotatable bonds is 4. The van der Waals surface area contributed by atoms with Gasteiger partial charge in [0.2, 0.25) is 0 Å². The van der Waals surface area contributed by atoms with E-state index in [9.17, 15) is 4.79 Å². The Balaban J connectivity index is 2.09. The Labute approximate surface area is 125 Å². The molecule has 1 amide bonds. The zero-order valence-corrected chi connectivity index (χ0v) is 13.0. The minimum atomic E-state index is 0.0137. The summed E-state index contributed by atoms with van der Waals surface area (Å²) in [7, 11) is 1.81. The first-order valence-electron chi connectivity index (χ1n) is 5.89. The molecule has 100 valence electrons. The number of hydrogen-bond donors (Lipinski definition) is 1. The molecule has 2 N–H and O–H groups in total. The minimum Gasteiger partial charge on any atom is -0.337 e. The van der Waals surface area contributed by atoms with Gasteiger partial charge in [-0.2, -0.15) is 0 Å². The van der Waals surface area contributed by atoms with Crippen LogP contribution >= 0.6 is 27.3 Å². The average molecular weight is 339 g/mol. The molecule has 0 saturated carbocycles. The van der Waals surface area contributed by atoms with E-state index in [2.05, 4.69) is 15.9 Å². The lowest BCUT2D eigenvalue weighted by atomic mass is 10.1. The predicted molar refractivity (Wildman–Crippen MR) is 82.1 cm³/mol. The zero-order valence-electron chi connectivity index (χ0n) is 10.6. The minimum absolute atomic E-state index is 0.0137. The second kappa shape index (κ2) is 6.32. The Kier molecular flexibility index (Phi) is 4.74. The van der Waals surface area contributed by atoms with E-state index in [1.807, 2.05) is 43.4 Å². The standard InChI is InChI=1S/C14H15BrN2OS/c1-17(9-12-5-6-13(15)19-12)14(18)11-4-2-3-10(7-11)8-16/h2-7H,8-9,16H2,1H3. The summed E-state index contributed by atoms with van der Waals surface area (Å²) in [5.74, 6) is 0.0137. The molecule has 3 nitrogen and oxygen atoms in total. The lowest BCUT2D eigenvalue weighted by Crippen LogP contribution is -2.25. The van der Waals surface area contributed by atoms with Gasteiger partial charge < -0.3 is 10.6 Å². The van der Waals surface area contributed by atoms with E-state index in [4.69, 9.17) is 5.73 Å². The van der Waals surface area contributed by atoms with Crippen molar-refractivity contribution in [3.05, 3.63) is 56.2 Å². The van der Waals surface area contributed by atoms with Crippen molar-refractivity contribution in [2.45, 2.75) is 13.1 Å². The molecule has 0 fully saturated rings. The van der Waals surface area contributed by atoms with Crippen LogP contribution in [0.5, 0.6) is 0 Å². The Morgan fingerprint density at radius 3 is 2.79 bits per heavy atom. The maximum atomic E-state index is 12.3. The van der Waals surface area contributed by atoms with Crippen LogP contribution in [0.2, 0.25) is 0 Å². The van der Waals surface area contributed by atoms with Gasteiger partial charge in [-0.05, 0) is 45.8 Å². The van der Waals surface area contributed by atoms with Crippen LogP contribution in [0.3, 0.4) is 0 Å². The molecule has 19 heavy (non-hydrogen) atoms. The molecule has 0 unspecified atom stereocenters. The number of carbonyl (C=O) groups excluding carboxylic acids is 1. The van der Waals surface area contributed by atoms with Crippen molar-refractivity contribution in [2.24, 2.45) is 5.73 Å². The molecule has 2 rings (SSSR count). The Bertz CT molecular complexity index is 582. The molecule has 0 aliphatic carbocycles. The zero-order chi connectivity index (χ0) is 13.8. The van der Waals surface area contributed by atoms with Crippen molar-refractivity contribution in [3.8, 4) is 0 Å². The highest BCUT2D eigenvalue weighted by atomic mass is 79.9. The van der Waals surface area contributed by atoms with Crippen molar-refractivity contribution >= 4 is 33.2 Å². The molecular formula is C14H15BrN2OS. The summed E-state index contributed by atoms with van der Waals surface area (Å²) in [6.07, 6.45) is 0. The third kappa shape index (κ3) is 3.65. The third-order valence-corrected chi connectivity index (χ3v) is 4.39. The molecular weight excluding hydrogens is 324 g/mol. The highest BCUT2D eigenvalue weighted by Gasteiger charge is 2.13. The monoisotopic (exact) mass is 338 g/mol. The van der Waals surface area contributed by atoms with Crippen molar-refractivity contribution in [1.29, 1.82) is 0 Å². The SMILES string of the molecule is CN(Cc1ccc(Br)s1)C(=O)c1cccc(CN)c1. The van der Waals surface area contributed by atoms with E-state index in [1.165, 1.54) is 0 Å². The first kappa shape index (κ1) is 14.2. The van der Waals surface area contributed by atoms with E-state index in [0.29, 0.717) is 18.7 Å². The smallest absolute Gasteiger partial charge is 0.253 e. The van der Waals surface area contributed by atoms with Crippen LogP contribution in [0.4, 0.5) is 0 Å². The molecule has 1 aromatic heterocycles. The molecule has 0 aliphatic rings. The highest BCUT2D eigenvalue weighted by Crippen LogP contribution is 2.23. The van der Waals surface area contributed by atoms with Crippen LogP contribution in [0.15, 0.2) is 40.2 Å². The van der Waals surface area contributed by atoms with Gasteiger partial charge in [0.1, 0.15) is 0 Å². The summed E-state index contributed by atoms with van der Waals surface area (Å²) < 4.78 is 1.08. The first-order valence-corrected chi connectivity index (χ1v) is 7.50. The van der Waals surface area contributed by atoms with E-state index >= 15 is 0 Å². The Hall–Kier alpha value is -1.17. The number of amides is 1. The number of thiophene rings is 1. The fourth-order valence-electron chi connectivity index (χ4n) is 1.79. The number of benzene rings is 1. The van der Waals surface area contributed by atoms with Crippen LogP contribution in [0, 0.1) is 0 Å². The molecule has 0 aliphatic heterocycles. The van der Waals surface area contributed by atoms with E-state index in [1.54, 1.807) is 16.2 Å². The van der Waals surface area contributed by atoms with Gasteiger partial charge in [-0.1, -0.05) is 12.1 Å². The summed E-state index contributed by atoms with van der Waals surface area (Å²) in [6.45, 7) is 1.06. The van der Waals surface area contributed by atoms with Gasteiger partial charge in [0.15, 0.2) is 0 Å². The average Bonchev–Trinajstić information content (AvgIpc) is 2.83. The van der Waals surface area contributed by atoms with Crippen molar-refractivity contribution < 1.29 is 4.79 Å². The van der Waals surface area contributed by atoms with E-state index in [-0.39, 0.29) is 5.91 Å². The van der Waals surface area contributed by atoms with Gasteiger partial charge in [-0.25, -0.2) is 0 Å². The molecule has 0 bridgehead atoms. The lowest BCUT2D eigenvalue weighted by Gasteiger charge is -2.16. The van der Waals surface area contributed by atoms with Gasteiger partial charge in [0, 0.05) is 24.0 Å². The van der Waals surface area contributed by atoms with Crippen molar-refractivity contribution in [1.82, 2.24) is 4.90 Å².